The summed E-state index contributed by atoms with van der Waals surface area (Å²) >= 11 is 3.47. The molecule has 2 aromatic rings. The zero-order valence-corrected chi connectivity index (χ0v) is 11.0. The first-order chi connectivity index (χ1) is 7.81. The zero-order chi connectivity index (χ0) is 11.4. The van der Waals surface area contributed by atoms with Gasteiger partial charge in [0.05, 0.1) is 10.1 Å². The van der Waals surface area contributed by atoms with Crippen molar-refractivity contribution in [2.24, 2.45) is 0 Å². The monoisotopic (exact) mass is 254 g/mol. The molecule has 1 atom stereocenters. The second-order valence-electron chi connectivity index (χ2n) is 3.45. The van der Waals surface area contributed by atoms with Crippen LogP contribution in [-0.4, -0.2) is 15.9 Å². The van der Waals surface area contributed by atoms with Crippen LogP contribution in [0.4, 0.5) is 0 Å². The maximum Gasteiger partial charge on any atom is 0.239 e. The molecule has 3 nitrogen and oxygen atoms in total. The smallest absolute Gasteiger partial charge is 0.239 e. The summed E-state index contributed by atoms with van der Waals surface area (Å²) in [5.41, 5.74) is 0. The summed E-state index contributed by atoms with van der Waals surface area (Å²) in [6.07, 6.45) is 1.17. The van der Waals surface area contributed by atoms with E-state index in [0.29, 0.717) is 5.82 Å². The molecule has 2 heterocycles. The SMILES string of the molecule is CCCS[C@@H](C)c1nc(-c2cccs2)no1. The minimum atomic E-state index is 0.279. The Bertz CT molecular complexity index is 425. The van der Waals surface area contributed by atoms with Crippen LogP contribution >= 0.6 is 23.1 Å². The molecule has 0 unspecified atom stereocenters. The van der Waals surface area contributed by atoms with Gasteiger partial charge in [0.15, 0.2) is 0 Å². The average molecular weight is 254 g/mol. The van der Waals surface area contributed by atoms with E-state index < -0.39 is 0 Å². The van der Waals surface area contributed by atoms with Gasteiger partial charge in [0, 0.05) is 0 Å². The van der Waals surface area contributed by atoms with E-state index in [1.807, 2.05) is 29.3 Å². The quantitative estimate of drug-likeness (QED) is 0.808. The highest BCUT2D eigenvalue weighted by atomic mass is 32.2. The second kappa shape index (κ2) is 5.50. The van der Waals surface area contributed by atoms with E-state index in [9.17, 15) is 0 Å². The standard InChI is InChI=1S/C11H14N2OS2/c1-3-6-15-8(2)11-12-10(13-14-11)9-5-4-7-16-9/h4-5,7-8H,3,6H2,1-2H3/t8-/m0/s1. The van der Waals surface area contributed by atoms with Crippen molar-refractivity contribution in [1.82, 2.24) is 10.1 Å². The lowest BCUT2D eigenvalue weighted by atomic mass is 10.4. The lowest BCUT2D eigenvalue weighted by molar-refractivity contribution is 0.381. The number of nitrogens with zero attached hydrogens (tertiary/aromatic N) is 2. The summed E-state index contributed by atoms with van der Waals surface area (Å²) in [4.78, 5) is 5.48. The molecule has 0 amide bonds. The first-order valence-electron chi connectivity index (χ1n) is 5.30. The number of rotatable bonds is 5. The molecule has 0 N–H and O–H groups in total. The van der Waals surface area contributed by atoms with Crippen molar-refractivity contribution < 1.29 is 4.52 Å². The predicted octanol–water partition coefficient (Wildman–Crippen LogP) is 4.00. The number of thiophene rings is 1. The van der Waals surface area contributed by atoms with Crippen LogP contribution in [0.2, 0.25) is 0 Å². The molecule has 5 heteroatoms. The van der Waals surface area contributed by atoms with Gasteiger partial charge in [-0.15, -0.1) is 23.1 Å². The van der Waals surface area contributed by atoms with Crippen molar-refractivity contribution in [2.45, 2.75) is 25.5 Å². The third kappa shape index (κ3) is 2.65. The minimum absolute atomic E-state index is 0.279. The Labute approximate surface area is 103 Å². The van der Waals surface area contributed by atoms with Crippen molar-refractivity contribution in [2.75, 3.05) is 5.75 Å². The van der Waals surface area contributed by atoms with Crippen LogP contribution < -0.4 is 0 Å². The molecule has 0 aromatic carbocycles. The van der Waals surface area contributed by atoms with Gasteiger partial charge in [0.25, 0.3) is 0 Å². The zero-order valence-electron chi connectivity index (χ0n) is 9.34. The number of hydrogen-bond donors (Lipinski definition) is 0. The van der Waals surface area contributed by atoms with Gasteiger partial charge in [-0.25, -0.2) is 0 Å². The molecule has 86 valence electrons. The van der Waals surface area contributed by atoms with Gasteiger partial charge in [-0.1, -0.05) is 18.1 Å². The molecular weight excluding hydrogens is 240 g/mol. The van der Waals surface area contributed by atoms with Crippen LogP contribution in [0, 0.1) is 0 Å². The fourth-order valence-corrected chi connectivity index (χ4v) is 2.75. The van der Waals surface area contributed by atoms with Gasteiger partial charge in [-0.3, -0.25) is 0 Å². The average Bonchev–Trinajstić information content (AvgIpc) is 2.94. The minimum Gasteiger partial charge on any atom is -0.338 e. The summed E-state index contributed by atoms with van der Waals surface area (Å²) < 4.78 is 5.27. The molecule has 0 aliphatic carbocycles. The van der Waals surface area contributed by atoms with Crippen LogP contribution in [0.3, 0.4) is 0 Å². The normalized spacial score (nSPS) is 12.9. The lowest BCUT2D eigenvalue weighted by Crippen LogP contribution is -1.89. The Morgan fingerprint density at radius 3 is 3.12 bits per heavy atom. The van der Waals surface area contributed by atoms with Crippen LogP contribution in [0.1, 0.15) is 31.4 Å². The molecule has 0 fully saturated rings. The fraction of sp³-hybridized carbons (Fsp3) is 0.455. The van der Waals surface area contributed by atoms with Crippen LogP contribution in [0.5, 0.6) is 0 Å². The highest BCUT2D eigenvalue weighted by Crippen LogP contribution is 2.29. The molecule has 0 spiro atoms. The maximum atomic E-state index is 5.27. The van der Waals surface area contributed by atoms with Crippen molar-refractivity contribution >= 4 is 23.1 Å². The number of aromatic nitrogens is 2. The molecule has 16 heavy (non-hydrogen) atoms. The first kappa shape index (κ1) is 11.7. The molecule has 2 aromatic heterocycles. The molecule has 0 aliphatic rings. The summed E-state index contributed by atoms with van der Waals surface area (Å²) in [6, 6.07) is 3.99. The summed E-state index contributed by atoms with van der Waals surface area (Å²) in [5.74, 6) is 2.55. The largest absolute Gasteiger partial charge is 0.338 e. The van der Waals surface area contributed by atoms with Gasteiger partial charge in [0.1, 0.15) is 0 Å². The van der Waals surface area contributed by atoms with E-state index in [2.05, 4.69) is 24.0 Å². The molecule has 0 saturated heterocycles. The van der Waals surface area contributed by atoms with E-state index in [-0.39, 0.29) is 5.25 Å². The highest BCUT2D eigenvalue weighted by molar-refractivity contribution is 7.99. The Balaban J connectivity index is 2.07. The van der Waals surface area contributed by atoms with Gasteiger partial charge >= 0.3 is 0 Å². The van der Waals surface area contributed by atoms with Crippen molar-refractivity contribution in [1.29, 1.82) is 0 Å². The highest BCUT2D eigenvalue weighted by Gasteiger charge is 2.15. The van der Waals surface area contributed by atoms with Crippen LogP contribution in [0.25, 0.3) is 10.7 Å². The van der Waals surface area contributed by atoms with Gasteiger partial charge in [-0.05, 0) is 30.5 Å². The van der Waals surface area contributed by atoms with Crippen LogP contribution in [0.15, 0.2) is 22.0 Å². The predicted molar refractivity (Wildman–Crippen MR) is 68.8 cm³/mol. The lowest BCUT2D eigenvalue weighted by Gasteiger charge is -2.03. The Hall–Kier alpha value is -0.810. The Morgan fingerprint density at radius 1 is 1.56 bits per heavy atom. The summed E-state index contributed by atoms with van der Waals surface area (Å²) in [5, 5.41) is 6.29. The fourth-order valence-electron chi connectivity index (χ4n) is 1.27. The van der Waals surface area contributed by atoms with Gasteiger partial charge < -0.3 is 4.52 Å². The first-order valence-corrected chi connectivity index (χ1v) is 7.23. The molecule has 0 aliphatic heterocycles. The van der Waals surface area contributed by atoms with E-state index in [4.69, 9.17) is 4.52 Å². The number of hydrogen-bond acceptors (Lipinski definition) is 5. The molecular formula is C11H14N2OS2. The maximum absolute atomic E-state index is 5.27. The van der Waals surface area contributed by atoms with Crippen molar-refractivity contribution in [3.63, 3.8) is 0 Å². The second-order valence-corrected chi connectivity index (χ2v) is 5.84. The van der Waals surface area contributed by atoms with E-state index in [0.717, 1.165) is 16.5 Å². The van der Waals surface area contributed by atoms with Crippen LogP contribution in [-0.2, 0) is 0 Å². The number of thioether (sulfide) groups is 1. The van der Waals surface area contributed by atoms with E-state index >= 15 is 0 Å². The summed E-state index contributed by atoms with van der Waals surface area (Å²) in [6.45, 7) is 4.27. The molecule has 0 saturated carbocycles. The molecule has 0 radical (unpaired) electrons. The Kier molecular flexibility index (Phi) is 4.01. The molecule has 0 bridgehead atoms. The third-order valence-corrected chi connectivity index (χ3v) is 4.31. The van der Waals surface area contributed by atoms with Gasteiger partial charge in [0.2, 0.25) is 11.7 Å². The van der Waals surface area contributed by atoms with Crippen molar-refractivity contribution in [3.05, 3.63) is 23.4 Å². The molecule has 2 rings (SSSR count). The van der Waals surface area contributed by atoms with Gasteiger partial charge in [-0.2, -0.15) is 4.98 Å². The topological polar surface area (TPSA) is 38.9 Å². The third-order valence-electron chi connectivity index (χ3n) is 2.10. The van der Waals surface area contributed by atoms with E-state index in [1.54, 1.807) is 11.3 Å². The van der Waals surface area contributed by atoms with Crippen molar-refractivity contribution in [3.8, 4) is 10.7 Å². The van der Waals surface area contributed by atoms with E-state index in [1.165, 1.54) is 6.42 Å². The Morgan fingerprint density at radius 2 is 2.44 bits per heavy atom. The summed E-state index contributed by atoms with van der Waals surface area (Å²) in [7, 11) is 0.